The molecule has 3 N–H and O–H groups in total. The van der Waals surface area contributed by atoms with Crippen molar-refractivity contribution in [3.8, 4) is 0 Å². The normalized spacial score (nSPS) is 14.3. The first-order valence-corrected chi connectivity index (χ1v) is 8.62. The van der Waals surface area contributed by atoms with Crippen LogP contribution in [0.1, 0.15) is 58.0 Å². The quantitative estimate of drug-likeness (QED) is 0.772. The maximum absolute atomic E-state index is 12.5. The number of aromatic nitrogens is 2. The Morgan fingerprint density at radius 2 is 1.87 bits per heavy atom. The first-order chi connectivity index (χ1) is 10.6. The molecule has 1 rings (SSSR count). The molecule has 1 aromatic rings. The standard InChI is InChI=1S/C18H34N4O/c1-12(2)9-18(7,11-19)20-17(23)8-16-14(5)21-22(15(16)6)10-13(3)4/h12-13H,8-11,19H2,1-7H3,(H,20,23). The zero-order chi connectivity index (χ0) is 17.8. The predicted octanol–water partition coefficient (Wildman–Crippen LogP) is 2.58. The van der Waals surface area contributed by atoms with E-state index in [9.17, 15) is 4.79 Å². The Bertz CT molecular complexity index is 533. The van der Waals surface area contributed by atoms with Crippen molar-refractivity contribution in [2.24, 2.45) is 17.6 Å². The summed E-state index contributed by atoms with van der Waals surface area (Å²) in [6.07, 6.45) is 1.24. The van der Waals surface area contributed by atoms with Crippen LogP contribution in [-0.2, 0) is 17.8 Å². The lowest BCUT2D eigenvalue weighted by molar-refractivity contribution is -0.122. The summed E-state index contributed by atoms with van der Waals surface area (Å²) in [6.45, 7) is 16.0. The summed E-state index contributed by atoms with van der Waals surface area (Å²) in [5.41, 5.74) is 8.60. The second kappa shape index (κ2) is 7.95. The summed E-state index contributed by atoms with van der Waals surface area (Å²) in [4.78, 5) is 12.5. The molecule has 1 amide bonds. The van der Waals surface area contributed by atoms with E-state index in [1.54, 1.807) is 0 Å². The summed E-state index contributed by atoms with van der Waals surface area (Å²) in [6, 6.07) is 0. The molecule has 0 spiro atoms. The maximum Gasteiger partial charge on any atom is 0.225 e. The fourth-order valence-electron chi connectivity index (χ4n) is 3.14. The van der Waals surface area contributed by atoms with Crippen molar-refractivity contribution in [2.75, 3.05) is 6.54 Å². The van der Waals surface area contributed by atoms with E-state index in [4.69, 9.17) is 5.73 Å². The summed E-state index contributed by atoms with van der Waals surface area (Å²) >= 11 is 0. The van der Waals surface area contributed by atoms with E-state index in [0.29, 0.717) is 24.8 Å². The molecule has 1 aromatic heterocycles. The number of nitrogens with two attached hydrogens (primary N) is 1. The second-order valence-corrected chi connectivity index (χ2v) is 7.81. The number of amides is 1. The maximum atomic E-state index is 12.5. The van der Waals surface area contributed by atoms with Gasteiger partial charge in [0, 0.05) is 29.9 Å². The molecule has 0 saturated carbocycles. The number of nitrogens with one attached hydrogen (secondary N) is 1. The third-order valence-electron chi connectivity index (χ3n) is 4.16. The lowest BCUT2D eigenvalue weighted by Gasteiger charge is -2.31. The average molecular weight is 322 g/mol. The van der Waals surface area contributed by atoms with Crippen molar-refractivity contribution in [3.63, 3.8) is 0 Å². The molecule has 1 unspecified atom stereocenters. The number of hydrogen-bond donors (Lipinski definition) is 2. The Kier molecular flexibility index (Phi) is 6.81. The molecule has 0 radical (unpaired) electrons. The summed E-state index contributed by atoms with van der Waals surface area (Å²) in [5, 5.41) is 7.71. The Morgan fingerprint density at radius 1 is 1.26 bits per heavy atom. The van der Waals surface area contributed by atoms with Crippen molar-refractivity contribution < 1.29 is 4.79 Å². The molecule has 0 aromatic carbocycles. The summed E-state index contributed by atoms with van der Waals surface area (Å²) < 4.78 is 2.01. The van der Waals surface area contributed by atoms with E-state index in [1.807, 2.05) is 25.5 Å². The fourth-order valence-corrected chi connectivity index (χ4v) is 3.14. The summed E-state index contributed by atoms with van der Waals surface area (Å²) in [5.74, 6) is 1.04. The van der Waals surface area contributed by atoms with E-state index in [0.717, 1.165) is 29.9 Å². The van der Waals surface area contributed by atoms with E-state index in [2.05, 4.69) is 38.1 Å². The molecule has 1 atom stereocenters. The minimum absolute atomic E-state index is 0.0221. The van der Waals surface area contributed by atoms with Crippen LogP contribution in [0, 0.1) is 25.7 Å². The van der Waals surface area contributed by atoms with Gasteiger partial charge in [0.25, 0.3) is 0 Å². The minimum Gasteiger partial charge on any atom is -0.349 e. The molecule has 0 aliphatic carbocycles. The number of hydrogen-bond acceptors (Lipinski definition) is 3. The molecule has 0 fully saturated rings. The van der Waals surface area contributed by atoms with Gasteiger partial charge in [0.1, 0.15) is 0 Å². The van der Waals surface area contributed by atoms with Gasteiger partial charge < -0.3 is 11.1 Å². The molecule has 23 heavy (non-hydrogen) atoms. The smallest absolute Gasteiger partial charge is 0.225 e. The Balaban J connectivity index is 2.83. The molecular formula is C18H34N4O. The van der Waals surface area contributed by atoms with Crippen LogP contribution in [0.15, 0.2) is 0 Å². The van der Waals surface area contributed by atoms with Crippen molar-refractivity contribution in [1.82, 2.24) is 15.1 Å². The Morgan fingerprint density at radius 3 is 2.35 bits per heavy atom. The van der Waals surface area contributed by atoms with Crippen LogP contribution in [0.4, 0.5) is 0 Å². The number of carbonyl (C=O) groups excluding carboxylic acids is 1. The molecule has 5 heteroatoms. The lowest BCUT2D eigenvalue weighted by atomic mass is 9.90. The largest absolute Gasteiger partial charge is 0.349 e. The van der Waals surface area contributed by atoms with E-state index >= 15 is 0 Å². The Labute approximate surface area is 141 Å². The molecule has 5 nitrogen and oxygen atoms in total. The van der Waals surface area contributed by atoms with Crippen LogP contribution in [0.25, 0.3) is 0 Å². The molecule has 1 heterocycles. The van der Waals surface area contributed by atoms with E-state index in [-0.39, 0.29) is 11.4 Å². The van der Waals surface area contributed by atoms with Crippen LogP contribution in [0.5, 0.6) is 0 Å². The van der Waals surface area contributed by atoms with Gasteiger partial charge in [-0.05, 0) is 39.0 Å². The van der Waals surface area contributed by atoms with Crippen LogP contribution in [0.2, 0.25) is 0 Å². The first-order valence-electron chi connectivity index (χ1n) is 8.62. The lowest BCUT2D eigenvalue weighted by Crippen LogP contribution is -2.52. The van der Waals surface area contributed by atoms with Crippen molar-refractivity contribution in [3.05, 3.63) is 17.0 Å². The fraction of sp³-hybridized carbons (Fsp3) is 0.778. The SMILES string of the molecule is Cc1nn(CC(C)C)c(C)c1CC(=O)NC(C)(CN)CC(C)C. The van der Waals surface area contributed by atoms with Gasteiger partial charge in [-0.1, -0.05) is 27.7 Å². The zero-order valence-corrected chi connectivity index (χ0v) is 15.9. The number of nitrogens with zero attached hydrogens (tertiary/aromatic N) is 2. The third-order valence-corrected chi connectivity index (χ3v) is 4.16. The predicted molar refractivity (Wildman–Crippen MR) is 95.3 cm³/mol. The van der Waals surface area contributed by atoms with Crippen LogP contribution in [0.3, 0.4) is 0 Å². The highest BCUT2D eigenvalue weighted by molar-refractivity contribution is 5.79. The van der Waals surface area contributed by atoms with Gasteiger partial charge in [-0.15, -0.1) is 0 Å². The van der Waals surface area contributed by atoms with Gasteiger partial charge >= 0.3 is 0 Å². The van der Waals surface area contributed by atoms with Gasteiger partial charge in [0.05, 0.1) is 12.1 Å². The van der Waals surface area contributed by atoms with Crippen LogP contribution >= 0.6 is 0 Å². The van der Waals surface area contributed by atoms with Crippen LogP contribution in [-0.4, -0.2) is 27.8 Å². The van der Waals surface area contributed by atoms with Crippen molar-refractivity contribution >= 4 is 5.91 Å². The molecule has 132 valence electrons. The first kappa shape index (κ1) is 19.7. The monoisotopic (exact) mass is 322 g/mol. The molecule has 0 aliphatic rings. The number of carbonyl (C=O) groups is 1. The van der Waals surface area contributed by atoms with Gasteiger partial charge in [0.15, 0.2) is 0 Å². The van der Waals surface area contributed by atoms with E-state index in [1.165, 1.54) is 0 Å². The molecule has 0 aliphatic heterocycles. The highest BCUT2D eigenvalue weighted by atomic mass is 16.1. The van der Waals surface area contributed by atoms with Gasteiger partial charge in [-0.3, -0.25) is 9.48 Å². The van der Waals surface area contributed by atoms with Crippen molar-refractivity contribution in [2.45, 2.75) is 73.4 Å². The highest BCUT2D eigenvalue weighted by Gasteiger charge is 2.26. The molecule has 0 bridgehead atoms. The highest BCUT2D eigenvalue weighted by Crippen LogP contribution is 2.18. The van der Waals surface area contributed by atoms with Gasteiger partial charge in [-0.2, -0.15) is 5.10 Å². The minimum atomic E-state index is -0.346. The number of aryl methyl sites for hydroxylation is 1. The Hall–Kier alpha value is -1.36. The number of rotatable bonds is 8. The third kappa shape index (κ3) is 5.65. The average Bonchev–Trinajstić information content (AvgIpc) is 2.64. The van der Waals surface area contributed by atoms with Gasteiger partial charge in [-0.25, -0.2) is 0 Å². The van der Waals surface area contributed by atoms with E-state index < -0.39 is 0 Å². The van der Waals surface area contributed by atoms with Crippen molar-refractivity contribution in [1.29, 1.82) is 0 Å². The summed E-state index contributed by atoms with van der Waals surface area (Å²) in [7, 11) is 0. The van der Waals surface area contributed by atoms with Crippen LogP contribution < -0.4 is 11.1 Å². The topological polar surface area (TPSA) is 72.9 Å². The molecule has 0 saturated heterocycles. The second-order valence-electron chi connectivity index (χ2n) is 7.81. The molecular weight excluding hydrogens is 288 g/mol. The zero-order valence-electron chi connectivity index (χ0n) is 15.9. The van der Waals surface area contributed by atoms with Gasteiger partial charge in [0.2, 0.25) is 5.91 Å².